The average molecular weight is 267 g/mol. The van der Waals surface area contributed by atoms with Crippen LogP contribution in [0.1, 0.15) is 28.1 Å². The molecule has 0 amide bonds. The zero-order valence-corrected chi connectivity index (χ0v) is 10.9. The number of hydrogen-bond acceptors (Lipinski definition) is 6. The number of anilines is 1. The molecular formula is C10H13N5O2S. The molecule has 8 heteroatoms. The van der Waals surface area contributed by atoms with Crippen LogP contribution in [0.5, 0.6) is 0 Å². The fraction of sp³-hybridized carbons (Fsp3) is 0.400. The number of nitrogens with one attached hydrogen (secondary N) is 1. The second-order valence-electron chi connectivity index (χ2n) is 3.62. The Morgan fingerprint density at radius 2 is 2.39 bits per heavy atom. The van der Waals surface area contributed by atoms with E-state index in [9.17, 15) is 4.79 Å². The van der Waals surface area contributed by atoms with E-state index in [0.717, 1.165) is 12.4 Å². The van der Waals surface area contributed by atoms with Gasteiger partial charge in [0.05, 0.1) is 6.54 Å². The van der Waals surface area contributed by atoms with Gasteiger partial charge in [-0.1, -0.05) is 0 Å². The molecule has 0 radical (unpaired) electrons. The number of rotatable bonds is 5. The molecule has 0 bridgehead atoms. The Hall–Kier alpha value is -1.96. The number of carboxylic acid groups (broad SMARTS) is 1. The van der Waals surface area contributed by atoms with Crippen molar-refractivity contribution in [1.29, 1.82) is 0 Å². The Morgan fingerprint density at radius 1 is 1.61 bits per heavy atom. The highest BCUT2D eigenvalue weighted by Crippen LogP contribution is 2.22. The van der Waals surface area contributed by atoms with Crippen molar-refractivity contribution in [3.05, 3.63) is 22.7 Å². The molecule has 0 saturated carbocycles. The Kier molecular flexibility index (Phi) is 3.56. The molecule has 0 aliphatic rings. The van der Waals surface area contributed by atoms with Gasteiger partial charge in [0.2, 0.25) is 0 Å². The zero-order valence-electron chi connectivity index (χ0n) is 10.0. The minimum Gasteiger partial charge on any atom is -0.476 e. The van der Waals surface area contributed by atoms with Crippen LogP contribution >= 0.6 is 11.3 Å². The SMILES string of the molecule is CCn1cnnc1CNc1nc(C(=O)O)c(C)s1. The third-order valence-electron chi connectivity index (χ3n) is 2.43. The van der Waals surface area contributed by atoms with Crippen LogP contribution in [0.3, 0.4) is 0 Å². The number of thiazole rings is 1. The number of aromatic carboxylic acids is 1. The number of nitrogens with zero attached hydrogens (tertiary/aromatic N) is 4. The summed E-state index contributed by atoms with van der Waals surface area (Å²) in [5.41, 5.74) is 0.0967. The molecule has 0 atom stereocenters. The van der Waals surface area contributed by atoms with E-state index in [1.54, 1.807) is 13.3 Å². The van der Waals surface area contributed by atoms with Gasteiger partial charge < -0.3 is 15.0 Å². The Bertz CT molecular complexity index is 562. The molecular weight excluding hydrogens is 254 g/mol. The highest BCUT2D eigenvalue weighted by Gasteiger charge is 2.14. The molecule has 7 nitrogen and oxygen atoms in total. The quantitative estimate of drug-likeness (QED) is 0.850. The number of aryl methyl sites for hydroxylation is 2. The molecule has 2 N–H and O–H groups in total. The van der Waals surface area contributed by atoms with Gasteiger partial charge in [-0.3, -0.25) is 0 Å². The average Bonchev–Trinajstić information content (AvgIpc) is 2.92. The van der Waals surface area contributed by atoms with E-state index < -0.39 is 5.97 Å². The first-order valence-corrected chi connectivity index (χ1v) is 6.24. The second kappa shape index (κ2) is 5.13. The maximum Gasteiger partial charge on any atom is 0.355 e. The van der Waals surface area contributed by atoms with Crippen molar-refractivity contribution >= 4 is 22.4 Å². The van der Waals surface area contributed by atoms with Crippen LogP contribution in [0, 0.1) is 6.92 Å². The minimum absolute atomic E-state index is 0.0967. The van der Waals surface area contributed by atoms with Gasteiger partial charge in [0.1, 0.15) is 6.33 Å². The zero-order chi connectivity index (χ0) is 13.1. The van der Waals surface area contributed by atoms with Crippen LogP contribution in [0.2, 0.25) is 0 Å². The lowest BCUT2D eigenvalue weighted by atomic mass is 10.4. The third kappa shape index (κ3) is 2.48. The Balaban J connectivity index is 2.07. The fourth-order valence-corrected chi connectivity index (χ4v) is 2.31. The monoisotopic (exact) mass is 267 g/mol. The van der Waals surface area contributed by atoms with Crippen molar-refractivity contribution in [2.45, 2.75) is 26.9 Å². The van der Waals surface area contributed by atoms with Gasteiger partial charge in [-0.25, -0.2) is 9.78 Å². The van der Waals surface area contributed by atoms with Crippen molar-refractivity contribution in [3.63, 3.8) is 0 Å². The molecule has 96 valence electrons. The van der Waals surface area contributed by atoms with E-state index in [2.05, 4.69) is 20.5 Å². The summed E-state index contributed by atoms with van der Waals surface area (Å²) in [6, 6.07) is 0. The lowest BCUT2D eigenvalue weighted by Crippen LogP contribution is -2.07. The predicted octanol–water partition coefficient (Wildman–Crippen LogP) is 1.37. The molecule has 0 aromatic carbocycles. The summed E-state index contributed by atoms with van der Waals surface area (Å²) in [6.45, 7) is 5.00. The number of aromatic nitrogens is 4. The van der Waals surface area contributed by atoms with Crippen LogP contribution in [-0.2, 0) is 13.1 Å². The fourth-order valence-electron chi connectivity index (χ4n) is 1.51. The van der Waals surface area contributed by atoms with Crippen molar-refractivity contribution in [2.75, 3.05) is 5.32 Å². The lowest BCUT2D eigenvalue weighted by molar-refractivity contribution is 0.0690. The molecule has 0 unspecified atom stereocenters. The molecule has 0 aliphatic heterocycles. The van der Waals surface area contributed by atoms with Crippen molar-refractivity contribution in [1.82, 2.24) is 19.7 Å². The summed E-state index contributed by atoms with van der Waals surface area (Å²) in [7, 11) is 0. The third-order valence-corrected chi connectivity index (χ3v) is 3.36. The predicted molar refractivity (Wildman–Crippen MR) is 66.8 cm³/mol. The topological polar surface area (TPSA) is 92.9 Å². The van der Waals surface area contributed by atoms with Crippen molar-refractivity contribution in [2.24, 2.45) is 0 Å². The van der Waals surface area contributed by atoms with Crippen LogP contribution in [-0.4, -0.2) is 30.8 Å². The van der Waals surface area contributed by atoms with Crippen LogP contribution < -0.4 is 5.32 Å². The number of hydrogen-bond donors (Lipinski definition) is 2. The van der Waals surface area contributed by atoms with Gasteiger partial charge in [-0.15, -0.1) is 21.5 Å². The summed E-state index contributed by atoms with van der Waals surface area (Å²) in [5.74, 6) is -0.212. The van der Waals surface area contributed by atoms with Gasteiger partial charge in [0.25, 0.3) is 0 Å². The molecule has 2 aromatic heterocycles. The highest BCUT2D eigenvalue weighted by atomic mass is 32.1. The summed E-state index contributed by atoms with van der Waals surface area (Å²) < 4.78 is 1.91. The minimum atomic E-state index is -1.01. The second-order valence-corrected chi connectivity index (χ2v) is 4.82. The Morgan fingerprint density at radius 3 is 3.00 bits per heavy atom. The van der Waals surface area contributed by atoms with E-state index >= 15 is 0 Å². The van der Waals surface area contributed by atoms with Crippen LogP contribution in [0.25, 0.3) is 0 Å². The molecule has 0 spiro atoms. The maximum atomic E-state index is 10.9. The van der Waals surface area contributed by atoms with Crippen molar-refractivity contribution < 1.29 is 9.90 Å². The lowest BCUT2D eigenvalue weighted by Gasteiger charge is -2.03. The summed E-state index contributed by atoms with van der Waals surface area (Å²) >= 11 is 1.32. The van der Waals surface area contributed by atoms with E-state index in [4.69, 9.17) is 5.11 Å². The Labute approximate surface area is 108 Å². The van der Waals surface area contributed by atoms with Gasteiger partial charge in [0.15, 0.2) is 16.6 Å². The standard InChI is InChI=1S/C10H13N5O2S/c1-3-15-5-12-14-7(15)4-11-10-13-8(9(16)17)6(2)18-10/h5H,3-4H2,1-2H3,(H,11,13)(H,16,17). The first-order valence-electron chi connectivity index (χ1n) is 5.43. The van der Waals surface area contributed by atoms with E-state index in [-0.39, 0.29) is 5.69 Å². The van der Waals surface area contributed by atoms with Crippen LogP contribution in [0.4, 0.5) is 5.13 Å². The summed E-state index contributed by atoms with van der Waals surface area (Å²) in [5, 5.41) is 20.3. The normalized spacial score (nSPS) is 10.6. The summed E-state index contributed by atoms with van der Waals surface area (Å²) in [6.07, 6.45) is 1.66. The van der Waals surface area contributed by atoms with E-state index in [0.29, 0.717) is 16.6 Å². The smallest absolute Gasteiger partial charge is 0.355 e. The van der Waals surface area contributed by atoms with Gasteiger partial charge in [-0.2, -0.15) is 0 Å². The molecule has 0 fully saturated rings. The van der Waals surface area contributed by atoms with Gasteiger partial charge in [-0.05, 0) is 13.8 Å². The van der Waals surface area contributed by atoms with Gasteiger partial charge in [0, 0.05) is 11.4 Å². The first kappa shape index (κ1) is 12.5. The molecule has 0 aliphatic carbocycles. The molecule has 2 heterocycles. The van der Waals surface area contributed by atoms with E-state index in [1.807, 2.05) is 11.5 Å². The maximum absolute atomic E-state index is 10.9. The summed E-state index contributed by atoms with van der Waals surface area (Å²) in [4.78, 5) is 15.6. The first-order chi connectivity index (χ1) is 8.61. The highest BCUT2D eigenvalue weighted by molar-refractivity contribution is 7.15. The largest absolute Gasteiger partial charge is 0.476 e. The molecule has 18 heavy (non-hydrogen) atoms. The molecule has 0 saturated heterocycles. The number of carboxylic acids is 1. The van der Waals surface area contributed by atoms with Crippen LogP contribution in [0.15, 0.2) is 6.33 Å². The van der Waals surface area contributed by atoms with E-state index in [1.165, 1.54) is 11.3 Å². The number of carbonyl (C=O) groups is 1. The molecule has 2 aromatic rings. The van der Waals surface area contributed by atoms with Gasteiger partial charge >= 0.3 is 5.97 Å². The van der Waals surface area contributed by atoms with Crippen molar-refractivity contribution in [3.8, 4) is 0 Å². The molecule has 2 rings (SSSR count).